The Morgan fingerprint density at radius 1 is 1.44 bits per heavy atom. The molecule has 0 spiro atoms. The van der Waals surface area contributed by atoms with Crippen molar-refractivity contribution in [3.8, 4) is 11.8 Å². The van der Waals surface area contributed by atoms with Crippen molar-refractivity contribution in [2.45, 2.75) is 44.9 Å². The largest absolute Gasteiger partial charge is 0.481 e. The first kappa shape index (κ1) is 21.2. The summed E-state index contributed by atoms with van der Waals surface area (Å²) in [6.07, 6.45) is -3.71. The maximum absolute atomic E-state index is 14.2. The van der Waals surface area contributed by atoms with Crippen LogP contribution in [0.5, 0.6) is 11.8 Å². The summed E-state index contributed by atoms with van der Waals surface area (Å²) in [5.41, 5.74) is 0.303. The topological polar surface area (TPSA) is 72.5 Å². The molecule has 1 unspecified atom stereocenters. The second-order valence-corrected chi connectivity index (χ2v) is 6.55. The number of alkyl halides is 3. The van der Waals surface area contributed by atoms with Gasteiger partial charge in [0.1, 0.15) is 0 Å². The van der Waals surface area contributed by atoms with Crippen LogP contribution in [0.25, 0.3) is 0 Å². The lowest BCUT2D eigenvalue weighted by molar-refractivity contribution is -0.145. The third-order valence-corrected chi connectivity index (χ3v) is 4.09. The Hall–Kier alpha value is -2.10. The highest BCUT2D eigenvalue weighted by Crippen LogP contribution is 2.27. The average molecular weight is 393 g/mol. The fourth-order valence-corrected chi connectivity index (χ4v) is 2.79. The maximum Gasteiger partial charge on any atom is 0.389 e. The summed E-state index contributed by atoms with van der Waals surface area (Å²) >= 11 is 0. The van der Waals surface area contributed by atoms with E-state index in [9.17, 15) is 22.4 Å². The molecule has 0 radical (unpaired) electrons. The number of ether oxygens (including phenoxy) is 2. The highest BCUT2D eigenvalue weighted by molar-refractivity contribution is 5.82. The minimum absolute atomic E-state index is 0.00879. The molecule has 2 N–H and O–H groups in total. The van der Waals surface area contributed by atoms with Crippen molar-refractivity contribution < 1.29 is 31.8 Å². The molecule has 1 amide bonds. The fraction of sp³-hybridized carbons (Fsp3) is 0.647. The lowest BCUT2D eigenvalue weighted by Crippen LogP contribution is -2.40. The highest BCUT2D eigenvalue weighted by atomic mass is 19.4. The van der Waals surface area contributed by atoms with Crippen LogP contribution >= 0.6 is 0 Å². The van der Waals surface area contributed by atoms with E-state index in [1.165, 1.54) is 14.0 Å². The highest BCUT2D eigenvalue weighted by Gasteiger charge is 2.30. The zero-order chi connectivity index (χ0) is 20.0. The van der Waals surface area contributed by atoms with E-state index in [1.807, 2.05) is 0 Å². The number of nitrogens with zero attached hydrogens (tertiary/aromatic N) is 1. The molecule has 0 aromatic carbocycles. The van der Waals surface area contributed by atoms with Gasteiger partial charge in [0.2, 0.25) is 11.8 Å². The quantitative estimate of drug-likeness (QED) is 0.665. The summed E-state index contributed by atoms with van der Waals surface area (Å²) in [6.45, 7) is 1.80. The van der Waals surface area contributed by atoms with E-state index in [0.29, 0.717) is 5.56 Å². The summed E-state index contributed by atoms with van der Waals surface area (Å²) in [5, 5.41) is 5.74. The van der Waals surface area contributed by atoms with E-state index < -0.39 is 30.2 Å². The van der Waals surface area contributed by atoms with Gasteiger partial charge in [-0.25, -0.2) is 4.39 Å². The van der Waals surface area contributed by atoms with E-state index in [-0.39, 0.29) is 31.0 Å². The van der Waals surface area contributed by atoms with E-state index in [4.69, 9.17) is 9.47 Å². The van der Waals surface area contributed by atoms with Crippen molar-refractivity contribution >= 4 is 5.91 Å². The fourth-order valence-electron chi connectivity index (χ4n) is 2.79. The van der Waals surface area contributed by atoms with Crippen LogP contribution in [0.3, 0.4) is 0 Å². The van der Waals surface area contributed by atoms with Crippen molar-refractivity contribution in [1.82, 2.24) is 15.6 Å². The molecular formula is C17H23F4N3O3. The smallest absolute Gasteiger partial charge is 0.389 e. The lowest BCUT2D eigenvalue weighted by atomic mass is 10.1. The molecule has 6 nitrogen and oxygen atoms in total. The number of carbonyl (C=O) groups is 1. The standard InChI is InChI=1S/C17H23F4N3O3/c1-10(7-17(19,20)21)9-27-16-12(18)6-11(15(24-16)26-2)8-23-14(25)13-4-3-5-22-13/h6,10,13,22H,3-5,7-9H2,1-2H3,(H,23,25)/t10?,13-/m0/s1. The summed E-state index contributed by atoms with van der Waals surface area (Å²) < 4.78 is 61.4. The number of pyridine rings is 1. The molecule has 1 aromatic rings. The van der Waals surface area contributed by atoms with Gasteiger partial charge >= 0.3 is 6.18 Å². The van der Waals surface area contributed by atoms with Crippen LogP contribution in [-0.2, 0) is 11.3 Å². The van der Waals surface area contributed by atoms with Crippen molar-refractivity contribution in [3.05, 3.63) is 17.4 Å². The van der Waals surface area contributed by atoms with Crippen LogP contribution < -0.4 is 20.1 Å². The Labute approximate surface area is 154 Å². The Bertz CT molecular complexity index is 649. The van der Waals surface area contributed by atoms with Gasteiger partial charge in [0, 0.05) is 18.5 Å². The number of amides is 1. The van der Waals surface area contributed by atoms with Gasteiger partial charge in [-0.15, -0.1) is 0 Å². The number of carbonyl (C=O) groups excluding carboxylic acids is 1. The molecule has 1 aliphatic rings. The van der Waals surface area contributed by atoms with E-state index >= 15 is 0 Å². The normalized spacial score (nSPS) is 18.2. The number of halogens is 4. The van der Waals surface area contributed by atoms with Gasteiger partial charge in [-0.1, -0.05) is 6.92 Å². The van der Waals surface area contributed by atoms with Crippen LogP contribution in [0.4, 0.5) is 17.6 Å². The predicted molar refractivity (Wildman–Crippen MR) is 88.9 cm³/mol. The maximum atomic E-state index is 14.2. The number of hydrogen-bond donors (Lipinski definition) is 2. The summed E-state index contributed by atoms with van der Waals surface area (Å²) in [5.74, 6) is -2.28. The Morgan fingerprint density at radius 2 is 2.19 bits per heavy atom. The first-order valence-electron chi connectivity index (χ1n) is 8.63. The van der Waals surface area contributed by atoms with Crippen LogP contribution in [-0.4, -0.2) is 43.4 Å². The van der Waals surface area contributed by atoms with Gasteiger partial charge in [0.25, 0.3) is 5.88 Å². The molecule has 2 rings (SSSR count). The van der Waals surface area contributed by atoms with Crippen LogP contribution in [0.1, 0.15) is 31.7 Å². The molecule has 1 fully saturated rings. The van der Waals surface area contributed by atoms with Gasteiger partial charge in [-0.2, -0.15) is 18.2 Å². The molecule has 1 aromatic heterocycles. The Morgan fingerprint density at radius 3 is 2.78 bits per heavy atom. The second-order valence-electron chi connectivity index (χ2n) is 6.55. The molecule has 0 aliphatic carbocycles. The molecular weight excluding hydrogens is 370 g/mol. The molecule has 0 saturated carbocycles. The number of rotatable bonds is 8. The summed E-state index contributed by atoms with van der Waals surface area (Å²) in [4.78, 5) is 15.9. The number of hydrogen-bond acceptors (Lipinski definition) is 5. The van der Waals surface area contributed by atoms with E-state index in [1.54, 1.807) is 0 Å². The first-order valence-corrected chi connectivity index (χ1v) is 8.63. The van der Waals surface area contributed by atoms with Crippen molar-refractivity contribution in [2.24, 2.45) is 5.92 Å². The van der Waals surface area contributed by atoms with Crippen LogP contribution in [0, 0.1) is 11.7 Å². The Balaban J connectivity index is 1.97. The molecule has 27 heavy (non-hydrogen) atoms. The summed E-state index contributed by atoms with van der Waals surface area (Å²) in [6, 6.07) is 0.823. The second kappa shape index (κ2) is 9.20. The summed E-state index contributed by atoms with van der Waals surface area (Å²) in [7, 11) is 1.32. The van der Waals surface area contributed by atoms with Crippen LogP contribution in [0.2, 0.25) is 0 Å². The molecule has 2 heterocycles. The van der Waals surface area contributed by atoms with Gasteiger partial charge in [-0.3, -0.25) is 4.79 Å². The molecule has 10 heteroatoms. The lowest BCUT2D eigenvalue weighted by Gasteiger charge is -2.16. The third kappa shape index (κ3) is 6.53. The number of methoxy groups -OCH3 is 1. The zero-order valence-corrected chi connectivity index (χ0v) is 15.2. The van der Waals surface area contributed by atoms with E-state index in [2.05, 4.69) is 15.6 Å². The van der Waals surface area contributed by atoms with Gasteiger partial charge in [-0.05, 0) is 31.4 Å². The monoisotopic (exact) mass is 393 g/mol. The molecule has 1 saturated heterocycles. The molecule has 1 aliphatic heterocycles. The van der Waals surface area contributed by atoms with Crippen LogP contribution in [0.15, 0.2) is 6.07 Å². The van der Waals surface area contributed by atoms with Crippen molar-refractivity contribution in [1.29, 1.82) is 0 Å². The number of nitrogens with one attached hydrogen (secondary N) is 2. The van der Waals surface area contributed by atoms with Crippen molar-refractivity contribution in [3.63, 3.8) is 0 Å². The molecule has 152 valence electrons. The minimum Gasteiger partial charge on any atom is -0.481 e. The van der Waals surface area contributed by atoms with Gasteiger partial charge in [0.15, 0.2) is 5.82 Å². The minimum atomic E-state index is -4.32. The predicted octanol–water partition coefficient (Wildman–Crippen LogP) is 2.56. The van der Waals surface area contributed by atoms with Gasteiger partial charge in [0.05, 0.1) is 19.8 Å². The number of aromatic nitrogens is 1. The molecule has 0 bridgehead atoms. The zero-order valence-electron chi connectivity index (χ0n) is 15.2. The SMILES string of the molecule is COc1nc(OCC(C)CC(F)(F)F)c(F)cc1CNC(=O)[C@@H]1CCCN1. The van der Waals surface area contributed by atoms with E-state index in [0.717, 1.165) is 25.5 Å². The average Bonchev–Trinajstić information content (AvgIpc) is 3.11. The first-order chi connectivity index (χ1) is 12.7. The van der Waals surface area contributed by atoms with Gasteiger partial charge < -0.3 is 20.1 Å². The molecule has 2 atom stereocenters. The Kier molecular flexibility index (Phi) is 7.23. The van der Waals surface area contributed by atoms with Crippen molar-refractivity contribution in [2.75, 3.05) is 20.3 Å². The third-order valence-electron chi connectivity index (χ3n) is 4.09.